The Balaban J connectivity index is 2.53. The van der Waals surface area contributed by atoms with Crippen LogP contribution in [-0.4, -0.2) is 79.1 Å². The van der Waals surface area contributed by atoms with Crippen molar-refractivity contribution in [1.29, 1.82) is 0 Å². The maximum Gasteiger partial charge on any atom is 0.240 e. The van der Waals surface area contributed by atoms with E-state index in [1.807, 2.05) is 0 Å². The van der Waals surface area contributed by atoms with Crippen molar-refractivity contribution in [2.24, 2.45) is 0 Å². The lowest BCUT2D eigenvalue weighted by atomic mass is 10.1. The van der Waals surface area contributed by atoms with Crippen molar-refractivity contribution in [3.8, 4) is 0 Å². The number of piperazine rings is 1. The number of carbonyl (C=O) groups is 1. The molecule has 1 aliphatic heterocycles. The van der Waals surface area contributed by atoms with Crippen molar-refractivity contribution in [1.82, 2.24) is 9.80 Å². The predicted molar refractivity (Wildman–Crippen MR) is 73.6 cm³/mol. The summed E-state index contributed by atoms with van der Waals surface area (Å²) < 4.78 is 22.8. The lowest BCUT2D eigenvalue weighted by Gasteiger charge is -2.37. The third-order valence-electron chi connectivity index (χ3n) is 3.28. The van der Waals surface area contributed by atoms with Gasteiger partial charge in [-0.15, -0.1) is 0 Å². The van der Waals surface area contributed by atoms with Crippen LogP contribution in [0.3, 0.4) is 0 Å². The van der Waals surface area contributed by atoms with Crippen LogP contribution in [-0.2, 0) is 14.6 Å². The van der Waals surface area contributed by atoms with Gasteiger partial charge in [0.25, 0.3) is 0 Å². The minimum Gasteiger partial charge on any atom is -0.389 e. The van der Waals surface area contributed by atoms with Gasteiger partial charge in [0, 0.05) is 39.0 Å². The Morgan fingerprint density at radius 3 is 2.11 bits per heavy atom. The second-order valence-corrected chi connectivity index (χ2v) is 8.25. The van der Waals surface area contributed by atoms with E-state index in [1.165, 1.54) is 6.92 Å². The minimum atomic E-state index is -3.34. The fourth-order valence-electron chi connectivity index (χ4n) is 2.11. The van der Waals surface area contributed by atoms with Gasteiger partial charge in [0.05, 0.1) is 5.60 Å². The quantitative estimate of drug-likeness (QED) is 0.744. The van der Waals surface area contributed by atoms with Crippen LogP contribution in [0.25, 0.3) is 0 Å². The van der Waals surface area contributed by atoms with Crippen molar-refractivity contribution < 1.29 is 18.3 Å². The fourth-order valence-corrected chi connectivity index (χ4v) is 2.63. The molecule has 1 amide bonds. The van der Waals surface area contributed by atoms with Gasteiger partial charge in [0.1, 0.15) is 5.25 Å². The van der Waals surface area contributed by atoms with Gasteiger partial charge in [-0.25, -0.2) is 8.42 Å². The monoisotopic (exact) mass is 292 g/mol. The van der Waals surface area contributed by atoms with Crippen LogP contribution in [0, 0.1) is 0 Å². The number of carbonyl (C=O) groups excluding carboxylic acids is 1. The van der Waals surface area contributed by atoms with Crippen LogP contribution in [0.1, 0.15) is 20.8 Å². The summed E-state index contributed by atoms with van der Waals surface area (Å²) in [7, 11) is -3.34. The van der Waals surface area contributed by atoms with Gasteiger partial charge in [0.2, 0.25) is 5.91 Å². The number of aliphatic hydroxyl groups is 1. The van der Waals surface area contributed by atoms with E-state index in [0.29, 0.717) is 32.7 Å². The fraction of sp³-hybridized carbons (Fsp3) is 0.917. The Hall–Kier alpha value is -0.660. The molecular formula is C12H24N2O4S. The number of rotatable bonds is 4. The zero-order valence-electron chi connectivity index (χ0n) is 12.1. The Morgan fingerprint density at radius 1 is 1.26 bits per heavy atom. The summed E-state index contributed by atoms with van der Waals surface area (Å²) in [5.74, 6) is -0.328. The molecule has 0 radical (unpaired) electrons. The second kappa shape index (κ2) is 5.76. The van der Waals surface area contributed by atoms with Crippen molar-refractivity contribution in [2.45, 2.75) is 31.6 Å². The van der Waals surface area contributed by atoms with E-state index in [1.54, 1.807) is 18.7 Å². The minimum absolute atomic E-state index is 0.328. The number of nitrogens with zero attached hydrogens (tertiary/aromatic N) is 2. The van der Waals surface area contributed by atoms with Crippen molar-refractivity contribution >= 4 is 15.7 Å². The van der Waals surface area contributed by atoms with Crippen molar-refractivity contribution in [3.05, 3.63) is 0 Å². The van der Waals surface area contributed by atoms with Crippen LogP contribution in [0.15, 0.2) is 0 Å². The standard InChI is InChI=1S/C12H24N2O4S/c1-10(19(4,17)18)11(15)14-7-5-13(6-8-14)9-12(2,3)16/h10,16H,5-9H2,1-4H3. The van der Waals surface area contributed by atoms with Crippen LogP contribution < -0.4 is 0 Å². The Kier molecular flexibility index (Phi) is 4.97. The van der Waals surface area contributed by atoms with E-state index >= 15 is 0 Å². The lowest BCUT2D eigenvalue weighted by Crippen LogP contribution is -2.54. The Morgan fingerprint density at radius 2 is 1.74 bits per heavy atom. The van der Waals surface area contributed by atoms with Gasteiger partial charge in [-0.2, -0.15) is 0 Å². The van der Waals surface area contributed by atoms with Crippen LogP contribution in [0.4, 0.5) is 0 Å². The summed E-state index contributed by atoms with van der Waals surface area (Å²) in [5.41, 5.74) is -0.758. The summed E-state index contributed by atoms with van der Waals surface area (Å²) >= 11 is 0. The Labute approximate surface area is 115 Å². The number of sulfone groups is 1. The van der Waals surface area contributed by atoms with Gasteiger partial charge >= 0.3 is 0 Å². The maximum absolute atomic E-state index is 12.0. The highest BCUT2D eigenvalue weighted by atomic mass is 32.2. The largest absolute Gasteiger partial charge is 0.389 e. The molecule has 0 spiro atoms. The van der Waals surface area contributed by atoms with Crippen molar-refractivity contribution in [3.63, 3.8) is 0 Å². The first-order valence-corrected chi connectivity index (χ1v) is 8.38. The van der Waals surface area contributed by atoms with E-state index in [-0.39, 0.29) is 5.91 Å². The van der Waals surface area contributed by atoms with Crippen LogP contribution in [0.2, 0.25) is 0 Å². The first kappa shape index (κ1) is 16.4. The van der Waals surface area contributed by atoms with E-state index in [4.69, 9.17) is 0 Å². The molecule has 1 rings (SSSR count). The van der Waals surface area contributed by atoms with Gasteiger partial charge in [0.15, 0.2) is 9.84 Å². The average Bonchev–Trinajstić information content (AvgIpc) is 2.24. The molecule has 1 heterocycles. The van der Waals surface area contributed by atoms with Crippen molar-refractivity contribution in [2.75, 3.05) is 39.0 Å². The summed E-state index contributed by atoms with van der Waals surface area (Å²) in [4.78, 5) is 15.7. The third-order valence-corrected chi connectivity index (χ3v) is 4.77. The molecule has 19 heavy (non-hydrogen) atoms. The molecule has 112 valence electrons. The smallest absolute Gasteiger partial charge is 0.240 e. The molecule has 0 saturated carbocycles. The summed E-state index contributed by atoms with van der Waals surface area (Å²) in [6.07, 6.45) is 1.08. The molecule has 0 bridgehead atoms. The van der Waals surface area contributed by atoms with E-state index in [2.05, 4.69) is 4.90 Å². The highest BCUT2D eigenvalue weighted by Gasteiger charge is 2.31. The topological polar surface area (TPSA) is 77.9 Å². The Bertz CT molecular complexity index is 420. The predicted octanol–water partition coefficient (Wildman–Crippen LogP) is -0.665. The first-order valence-electron chi connectivity index (χ1n) is 6.43. The van der Waals surface area contributed by atoms with Gasteiger partial charge in [-0.1, -0.05) is 0 Å². The van der Waals surface area contributed by atoms with E-state index < -0.39 is 20.7 Å². The molecular weight excluding hydrogens is 268 g/mol. The highest BCUT2D eigenvalue weighted by molar-refractivity contribution is 7.92. The molecule has 1 fully saturated rings. The molecule has 1 saturated heterocycles. The molecule has 1 unspecified atom stereocenters. The number of hydrogen-bond acceptors (Lipinski definition) is 5. The van der Waals surface area contributed by atoms with E-state index in [0.717, 1.165) is 6.26 Å². The highest BCUT2D eigenvalue weighted by Crippen LogP contribution is 2.11. The zero-order valence-corrected chi connectivity index (χ0v) is 12.9. The molecule has 0 aliphatic carbocycles. The van der Waals surface area contributed by atoms with Crippen LogP contribution >= 0.6 is 0 Å². The average molecular weight is 292 g/mol. The number of amides is 1. The molecule has 1 atom stereocenters. The number of β-amino-alcohol motifs (C(OH)–C–C–N with tert-alkyl or cyclic N) is 1. The molecule has 7 heteroatoms. The zero-order chi connectivity index (χ0) is 14.8. The maximum atomic E-state index is 12.0. The van der Waals surface area contributed by atoms with Gasteiger partial charge < -0.3 is 10.0 Å². The molecule has 1 N–H and O–H groups in total. The summed E-state index contributed by atoms with van der Waals surface area (Å²) in [6, 6.07) is 0. The molecule has 6 nitrogen and oxygen atoms in total. The summed E-state index contributed by atoms with van der Waals surface area (Å²) in [5, 5.41) is 8.76. The van der Waals surface area contributed by atoms with E-state index in [9.17, 15) is 18.3 Å². The van der Waals surface area contributed by atoms with Gasteiger partial charge in [-0.3, -0.25) is 9.69 Å². The van der Waals surface area contributed by atoms with Crippen LogP contribution in [0.5, 0.6) is 0 Å². The molecule has 1 aliphatic rings. The first-order chi connectivity index (χ1) is 8.50. The third kappa shape index (κ3) is 5.08. The lowest BCUT2D eigenvalue weighted by molar-refractivity contribution is -0.132. The molecule has 0 aromatic heterocycles. The second-order valence-electron chi connectivity index (χ2n) is 5.89. The molecule has 0 aromatic carbocycles. The molecule has 0 aromatic rings. The normalized spacial score (nSPS) is 20.4. The van der Waals surface area contributed by atoms with Gasteiger partial charge in [-0.05, 0) is 20.8 Å². The summed E-state index contributed by atoms with van der Waals surface area (Å²) in [6.45, 7) is 7.81. The number of hydrogen-bond donors (Lipinski definition) is 1. The SMILES string of the molecule is CC(C(=O)N1CCN(CC(C)(C)O)CC1)S(C)(=O)=O.